The molecule has 0 bridgehead atoms. The van der Waals surface area contributed by atoms with Crippen LogP contribution in [0.25, 0.3) is 0 Å². The number of aryl methyl sites for hydroxylation is 1. The van der Waals surface area contributed by atoms with Crippen molar-refractivity contribution in [3.63, 3.8) is 0 Å². The van der Waals surface area contributed by atoms with Crippen molar-refractivity contribution in [1.29, 1.82) is 0 Å². The summed E-state index contributed by atoms with van der Waals surface area (Å²) in [7, 11) is 0. The first-order chi connectivity index (χ1) is 9.43. The van der Waals surface area contributed by atoms with Gasteiger partial charge < -0.3 is 10.6 Å². The average molecular weight is 280 g/mol. The highest BCUT2D eigenvalue weighted by molar-refractivity contribution is 5.78. The molecule has 112 valence electrons. The first-order valence-electron chi connectivity index (χ1n) is 7.22. The van der Waals surface area contributed by atoms with E-state index in [1.54, 1.807) is 13.0 Å². The van der Waals surface area contributed by atoms with Gasteiger partial charge in [0.15, 0.2) is 0 Å². The molecule has 1 aromatic rings. The van der Waals surface area contributed by atoms with Gasteiger partial charge in [-0.05, 0) is 44.4 Å². The maximum Gasteiger partial charge on any atom is 0.234 e. The van der Waals surface area contributed by atoms with Gasteiger partial charge in [-0.3, -0.25) is 4.79 Å². The fourth-order valence-corrected chi connectivity index (χ4v) is 2.07. The third kappa shape index (κ3) is 5.29. The van der Waals surface area contributed by atoms with Crippen LogP contribution in [0, 0.1) is 12.7 Å². The summed E-state index contributed by atoms with van der Waals surface area (Å²) in [6.07, 6.45) is 2.03. The van der Waals surface area contributed by atoms with E-state index in [4.69, 9.17) is 0 Å². The summed E-state index contributed by atoms with van der Waals surface area (Å²) in [4.78, 5) is 11.7. The molecule has 1 rings (SSSR count). The molecule has 3 nitrogen and oxygen atoms in total. The van der Waals surface area contributed by atoms with Gasteiger partial charge in [-0.25, -0.2) is 4.39 Å². The summed E-state index contributed by atoms with van der Waals surface area (Å²) in [5.74, 6) is -0.234. The Morgan fingerprint density at radius 3 is 2.65 bits per heavy atom. The molecule has 0 aliphatic heterocycles. The Kier molecular flexibility index (Phi) is 6.65. The van der Waals surface area contributed by atoms with Gasteiger partial charge in [-0.15, -0.1) is 0 Å². The number of hydrogen-bond donors (Lipinski definition) is 2. The number of benzene rings is 1. The first kappa shape index (κ1) is 16.6. The number of nitrogens with one attached hydrogen (secondary N) is 2. The van der Waals surface area contributed by atoms with Gasteiger partial charge in [-0.1, -0.05) is 25.5 Å². The maximum atomic E-state index is 13.5. The van der Waals surface area contributed by atoms with E-state index in [-0.39, 0.29) is 30.4 Å². The van der Waals surface area contributed by atoms with E-state index in [0.717, 1.165) is 18.4 Å². The van der Waals surface area contributed by atoms with Crippen molar-refractivity contribution in [1.82, 2.24) is 10.6 Å². The SMILES string of the molecule is CCCC(C)NC(=O)CNC(C)c1ccc(C)c(F)c1. The fraction of sp³-hybridized carbons (Fsp3) is 0.562. The Hall–Kier alpha value is -1.42. The van der Waals surface area contributed by atoms with E-state index in [1.165, 1.54) is 6.07 Å². The van der Waals surface area contributed by atoms with Gasteiger partial charge in [0, 0.05) is 12.1 Å². The molecule has 2 atom stereocenters. The quantitative estimate of drug-likeness (QED) is 0.806. The molecule has 0 saturated heterocycles. The number of carbonyl (C=O) groups is 1. The Morgan fingerprint density at radius 1 is 1.35 bits per heavy atom. The van der Waals surface area contributed by atoms with Crippen LogP contribution in [0.2, 0.25) is 0 Å². The summed E-state index contributed by atoms with van der Waals surface area (Å²) in [5.41, 5.74) is 1.48. The van der Waals surface area contributed by atoms with Gasteiger partial charge in [0.05, 0.1) is 6.54 Å². The van der Waals surface area contributed by atoms with E-state index < -0.39 is 0 Å². The lowest BCUT2D eigenvalue weighted by atomic mass is 10.1. The van der Waals surface area contributed by atoms with Crippen LogP contribution in [0.15, 0.2) is 18.2 Å². The summed E-state index contributed by atoms with van der Waals surface area (Å²) in [6.45, 7) is 7.99. The van der Waals surface area contributed by atoms with Crippen LogP contribution in [-0.2, 0) is 4.79 Å². The average Bonchev–Trinajstić information content (AvgIpc) is 2.39. The Balaban J connectivity index is 2.44. The van der Waals surface area contributed by atoms with Gasteiger partial charge in [-0.2, -0.15) is 0 Å². The van der Waals surface area contributed by atoms with Crippen molar-refractivity contribution in [2.24, 2.45) is 0 Å². The monoisotopic (exact) mass is 280 g/mol. The number of hydrogen-bond acceptors (Lipinski definition) is 2. The molecule has 4 heteroatoms. The molecule has 0 aliphatic carbocycles. The maximum absolute atomic E-state index is 13.5. The zero-order valence-corrected chi connectivity index (χ0v) is 12.8. The summed E-state index contributed by atoms with van der Waals surface area (Å²) in [6, 6.07) is 5.30. The van der Waals surface area contributed by atoms with Gasteiger partial charge in [0.25, 0.3) is 0 Å². The van der Waals surface area contributed by atoms with Crippen LogP contribution < -0.4 is 10.6 Å². The minimum absolute atomic E-state index is 0.0228. The van der Waals surface area contributed by atoms with Crippen LogP contribution in [0.3, 0.4) is 0 Å². The second-order valence-corrected chi connectivity index (χ2v) is 5.37. The Morgan fingerprint density at radius 2 is 2.05 bits per heavy atom. The fourth-order valence-electron chi connectivity index (χ4n) is 2.07. The molecule has 2 N–H and O–H groups in total. The lowest BCUT2D eigenvalue weighted by Crippen LogP contribution is -2.39. The molecular formula is C16H25FN2O. The molecule has 20 heavy (non-hydrogen) atoms. The number of amides is 1. The van der Waals surface area contributed by atoms with E-state index in [1.807, 2.05) is 19.9 Å². The highest BCUT2D eigenvalue weighted by Gasteiger charge is 2.10. The van der Waals surface area contributed by atoms with Crippen LogP contribution in [-0.4, -0.2) is 18.5 Å². The van der Waals surface area contributed by atoms with Crippen molar-refractivity contribution in [3.8, 4) is 0 Å². The largest absolute Gasteiger partial charge is 0.353 e. The first-order valence-corrected chi connectivity index (χ1v) is 7.22. The Labute approximate surface area is 121 Å². The zero-order chi connectivity index (χ0) is 15.1. The lowest BCUT2D eigenvalue weighted by Gasteiger charge is -2.17. The predicted octanol–water partition coefficient (Wildman–Crippen LogP) is 3.09. The number of rotatable bonds is 7. The van der Waals surface area contributed by atoms with Crippen molar-refractivity contribution in [2.75, 3.05) is 6.54 Å². The number of halogens is 1. The highest BCUT2D eigenvalue weighted by atomic mass is 19.1. The number of carbonyl (C=O) groups excluding carboxylic acids is 1. The second-order valence-electron chi connectivity index (χ2n) is 5.37. The molecule has 1 aromatic carbocycles. The van der Waals surface area contributed by atoms with Gasteiger partial charge in [0.1, 0.15) is 5.82 Å². The summed E-state index contributed by atoms with van der Waals surface area (Å²) >= 11 is 0. The lowest BCUT2D eigenvalue weighted by molar-refractivity contribution is -0.121. The molecule has 0 radical (unpaired) electrons. The molecule has 0 aliphatic rings. The smallest absolute Gasteiger partial charge is 0.234 e. The molecule has 0 spiro atoms. The van der Waals surface area contributed by atoms with Gasteiger partial charge in [0.2, 0.25) is 5.91 Å². The molecule has 0 saturated carbocycles. The van der Waals surface area contributed by atoms with Crippen LogP contribution in [0.1, 0.15) is 50.8 Å². The zero-order valence-electron chi connectivity index (χ0n) is 12.8. The summed E-state index contributed by atoms with van der Waals surface area (Å²) in [5, 5.41) is 6.05. The van der Waals surface area contributed by atoms with Crippen LogP contribution >= 0.6 is 0 Å². The van der Waals surface area contributed by atoms with Crippen molar-refractivity contribution in [3.05, 3.63) is 35.1 Å². The molecule has 1 amide bonds. The van der Waals surface area contributed by atoms with E-state index in [0.29, 0.717) is 5.56 Å². The Bertz CT molecular complexity index is 448. The van der Waals surface area contributed by atoms with Crippen LogP contribution in [0.4, 0.5) is 4.39 Å². The molecule has 0 heterocycles. The van der Waals surface area contributed by atoms with Crippen molar-refractivity contribution < 1.29 is 9.18 Å². The standard InChI is InChI=1S/C16H25FN2O/c1-5-6-12(3)19-16(20)10-18-13(4)14-8-7-11(2)15(17)9-14/h7-9,12-13,18H,5-6,10H2,1-4H3,(H,19,20). The third-order valence-corrected chi connectivity index (χ3v) is 3.39. The normalized spacial score (nSPS) is 13.8. The predicted molar refractivity (Wildman–Crippen MR) is 80.1 cm³/mol. The van der Waals surface area contributed by atoms with E-state index in [2.05, 4.69) is 17.6 Å². The third-order valence-electron chi connectivity index (χ3n) is 3.39. The van der Waals surface area contributed by atoms with E-state index in [9.17, 15) is 9.18 Å². The highest BCUT2D eigenvalue weighted by Crippen LogP contribution is 2.15. The van der Waals surface area contributed by atoms with E-state index >= 15 is 0 Å². The van der Waals surface area contributed by atoms with Crippen molar-refractivity contribution in [2.45, 2.75) is 52.6 Å². The second kappa shape index (κ2) is 8.00. The molecule has 0 fully saturated rings. The molecular weight excluding hydrogens is 255 g/mol. The minimum Gasteiger partial charge on any atom is -0.353 e. The van der Waals surface area contributed by atoms with Crippen molar-refractivity contribution >= 4 is 5.91 Å². The summed E-state index contributed by atoms with van der Waals surface area (Å²) < 4.78 is 13.5. The molecule has 0 aromatic heterocycles. The minimum atomic E-state index is -0.211. The van der Waals surface area contributed by atoms with Gasteiger partial charge >= 0.3 is 0 Å². The topological polar surface area (TPSA) is 41.1 Å². The van der Waals surface area contributed by atoms with Crippen LogP contribution in [0.5, 0.6) is 0 Å². The molecule has 2 unspecified atom stereocenters.